The summed E-state index contributed by atoms with van der Waals surface area (Å²) in [5.74, 6) is 1.65. The Morgan fingerprint density at radius 3 is 0.839 bits per heavy atom. The van der Waals surface area contributed by atoms with Gasteiger partial charge in [-0.2, -0.15) is 0 Å². The van der Waals surface area contributed by atoms with E-state index in [0.29, 0.717) is 19.3 Å². The van der Waals surface area contributed by atoms with Gasteiger partial charge in [-0.05, 0) is 37.0 Å². The molecule has 0 aliphatic rings. The second-order valence-corrected chi connectivity index (χ2v) is 20.4. The topological polar surface area (TPSA) is 78.9 Å². The molecule has 0 bridgehead atoms. The highest BCUT2D eigenvalue weighted by Crippen LogP contribution is 2.18. The van der Waals surface area contributed by atoms with E-state index in [9.17, 15) is 14.4 Å². The lowest BCUT2D eigenvalue weighted by Gasteiger charge is -2.18. The number of esters is 3. The Morgan fingerprint density at radius 1 is 0.323 bits per heavy atom. The van der Waals surface area contributed by atoms with Crippen molar-refractivity contribution in [3.05, 3.63) is 0 Å². The van der Waals surface area contributed by atoms with Gasteiger partial charge in [0, 0.05) is 19.3 Å². The molecule has 0 aliphatic carbocycles. The van der Waals surface area contributed by atoms with Gasteiger partial charge in [0.25, 0.3) is 0 Å². The van der Waals surface area contributed by atoms with Crippen molar-refractivity contribution >= 4 is 17.9 Å². The fraction of sp³-hybridized carbons (Fsp3) is 0.946. The van der Waals surface area contributed by atoms with Gasteiger partial charge in [0.1, 0.15) is 13.2 Å². The summed E-state index contributed by atoms with van der Waals surface area (Å²) in [4.78, 5) is 38.0. The number of carbonyl (C=O) groups excluding carboxylic acids is 3. The van der Waals surface area contributed by atoms with Gasteiger partial charge in [-0.25, -0.2) is 0 Å². The van der Waals surface area contributed by atoms with E-state index in [1.54, 1.807) is 0 Å². The molecule has 0 heterocycles. The van der Waals surface area contributed by atoms with Crippen LogP contribution in [0.3, 0.4) is 0 Å². The highest BCUT2D eigenvalue weighted by molar-refractivity contribution is 5.71. The second kappa shape index (κ2) is 47.4. The van der Waals surface area contributed by atoms with Crippen LogP contribution in [0.15, 0.2) is 0 Å². The molecular formula is C56H108O6. The molecular weight excluding hydrogens is 769 g/mol. The molecule has 0 fully saturated rings. The summed E-state index contributed by atoms with van der Waals surface area (Å²) >= 11 is 0. The number of hydrogen-bond acceptors (Lipinski definition) is 6. The predicted molar refractivity (Wildman–Crippen MR) is 266 cm³/mol. The molecule has 0 amide bonds. The smallest absolute Gasteiger partial charge is 0.306 e. The predicted octanol–water partition coefficient (Wildman–Crippen LogP) is 17.9. The maximum atomic E-state index is 12.8. The fourth-order valence-corrected chi connectivity index (χ4v) is 8.44. The molecule has 0 aromatic heterocycles. The van der Waals surface area contributed by atoms with Crippen molar-refractivity contribution in [3.63, 3.8) is 0 Å². The SMILES string of the molecule is CCC(C)CCCCCCCCCCCCCCCCC(=O)OC[C@H](COC(=O)CCCCCCCCC(C)C)OC(=O)CCCCCCCCCCCCCCCCC(C)C. The number of hydrogen-bond donors (Lipinski definition) is 0. The van der Waals surface area contributed by atoms with Crippen LogP contribution in [0.25, 0.3) is 0 Å². The second-order valence-electron chi connectivity index (χ2n) is 20.4. The van der Waals surface area contributed by atoms with E-state index in [4.69, 9.17) is 14.2 Å². The summed E-state index contributed by atoms with van der Waals surface area (Å²) in [5, 5.41) is 0. The Kier molecular flexibility index (Phi) is 46.2. The number of ether oxygens (including phenoxy) is 3. The minimum atomic E-state index is -0.763. The van der Waals surface area contributed by atoms with E-state index in [1.807, 2.05) is 0 Å². The maximum Gasteiger partial charge on any atom is 0.306 e. The van der Waals surface area contributed by atoms with E-state index in [0.717, 1.165) is 75.5 Å². The van der Waals surface area contributed by atoms with Crippen LogP contribution in [0, 0.1) is 17.8 Å². The van der Waals surface area contributed by atoms with E-state index in [2.05, 4.69) is 41.5 Å². The molecule has 0 rings (SSSR count). The van der Waals surface area contributed by atoms with Crippen LogP contribution in [-0.2, 0) is 28.6 Å². The van der Waals surface area contributed by atoms with Crippen LogP contribution in [0.1, 0.15) is 305 Å². The minimum absolute atomic E-state index is 0.0647. The largest absolute Gasteiger partial charge is 0.462 e. The first kappa shape index (κ1) is 60.4. The Balaban J connectivity index is 4.24. The van der Waals surface area contributed by atoms with Crippen molar-refractivity contribution < 1.29 is 28.6 Å². The Bertz CT molecular complexity index is 962. The molecule has 2 atom stereocenters. The molecule has 0 aromatic rings. The van der Waals surface area contributed by atoms with Gasteiger partial charge < -0.3 is 14.2 Å². The van der Waals surface area contributed by atoms with Crippen molar-refractivity contribution in [2.24, 2.45) is 17.8 Å². The summed E-state index contributed by atoms with van der Waals surface area (Å²) in [5.41, 5.74) is 0. The van der Waals surface area contributed by atoms with E-state index < -0.39 is 6.10 Å². The Labute approximate surface area is 387 Å². The van der Waals surface area contributed by atoms with Crippen molar-refractivity contribution in [2.75, 3.05) is 13.2 Å². The van der Waals surface area contributed by atoms with Crippen LogP contribution in [0.2, 0.25) is 0 Å². The van der Waals surface area contributed by atoms with Gasteiger partial charge in [0.2, 0.25) is 0 Å². The van der Waals surface area contributed by atoms with E-state index in [-0.39, 0.29) is 31.1 Å². The lowest BCUT2D eigenvalue weighted by Crippen LogP contribution is -2.30. The zero-order valence-corrected chi connectivity index (χ0v) is 42.7. The van der Waals surface area contributed by atoms with Crippen LogP contribution in [0.4, 0.5) is 0 Å². The number of rotatable bonds is 49. The molecule has 1 unspecified atom stereocenters. The molecule has 6 nitrogen and oxygen atoms in total. The van der Waals surface area contributed by atoms with Crippen molar-refractivity contribution in [1.82, 2.24) is 0 Å². The van der Waals surface area contributed by atoms with Gasteiger partial charge in [-0.1, -0.05) is 266 Å². The van der Waals surface area contributed by atoms with Gasteiger partial charge in [-0.3, -0.25) is 14.4 Å². The average Bonchev–Trinajstić information content (AvgIpc) is 3.24. The molecule has 368 valence electrons. The van der Waals surface area contributed by atoms with Gasteiger partial charge in [0.15, 0.2) is 6.10 Å². The molecule has 0 saturated carbocycles. The number of unbranched alkanes of at least 4 members (excludes halogenated alkanes) is 31. The molecule has 6 heteroatoms. The molecule has 62 heavy (non-hydrogen) atoms. The summed E-state index contributed by atoms with van der Waals surface area (Å²) in [7, 11) is 0. The van der Waals surface area contributed by atoms with Crippen LogP contribution >= 0.6 is 0 Å². The summed E-state index contributed by atoms with van der Waals surface area (Å²) in [6.45, 7) is 13.7. The van der Waals surface area contributed by atoms with Crippen LogP contribution < -0.4 is 0 Å². The quantitative estimate of drug-likeness (QED) is 0.0344. The molecule has 0 radical (unpaired) electrons. The first-order valence-electron chi connectivity index (χ1n) is 27.6. The van der Waals surface area contributed by atoms with Crippen molar-refractivity contribution in [3.8, 4) is 0 Å². The minimum Gasteiger partial charge on any atom is -0.462 e. The lowest BCUT2D eigenvalue weighted by molar-refractivity contribution is -0.167. The Hall–Kier alpha value is -1.59. The third-order valence-electron chi connectivity index (χ3n) is 13.0. The first-order chi connectivity index (χ1) is 30.1. The highest BCUT2D eigenvalue weighted by atomic mass is 16.6. The summed E-state index contributed by atoms with van der Waals surface area (Å²) in [6.07, 6.45) is 48.2. The third-order valence-corrected chi connectivity index (χ3v) is 13.0. The summed E-state index contributed by atoms with van der Waals surface area (Å²) < 4.78 is 16.8. The monoisotopic (exact) mass is 877 g/mol. The molecule has 0 N–H and O–H groups in total. The summed E-state index contributed by atoms with van der Waals surface area (Å²) in [6, 6.07) is 0. The average molecular weight is 877 g/mol. The Morgan fingerprint density at radius 2 is 0.565 bits per heavy atom. The van der Waals surface area contributed by atoms with Crippen LogP contribution in [0.5, 0.6) is 0 Å². The standard InChI is InChI=1S/C56H108O6/c1-7-52(6)44-38-32-25-21-17-13-9-11-14-18-22-26-33-39-45-54(57)60-48-53(49-61-55(58)46-40-34-29-28-31-37-43-51(4)5)62-56(59)47-41-35-27-23-19-15-10-8-12-16-20-24-30-36-42-50(2)3/h50-53H,7-49H2,1-6H3/t52?,53-/m1/s1. The zero-order chi connectivity index (χ0) is 45.6. The highest BCUT2D eigenvalue weighted by Gasteiger charge is 2.19. The maximum absolute atomic E-state index is 12.8. The lowest BCUT2D eigenvalue weighted by atomic mass is 9.99. The van der Waals surface area contributed by atoms with Gasteiger partial charge in [-0.15, -0.1) is 0 Å². The normalized spacial score (nSPS) is 12.6. The van der Waals surface area contributed by atoms with Crippen molar-refractivity contribution in [2.45, 2.75) is 311 Å². The fourth-order valence-electron chi connectivity index (χ4n) is 8.44. The molecule has 0 spiro atoms. The van der Waals surface area contributed by atoms with Gasteiger partial charge in [0.05, 0.1) is 0 Å². The molecule has 0 aliphatic heterocycles. The first-order valence-corrected chi connectivity index (χ1v) is 27.6. The number of carbonyl (C=O) groups is 3. The van der Waals surface area contributed by atoms with Crippen LogP contribution in [-0.4, -0.2) is 37.2 Å². The third kappa shape index (κ3) is 47.9. The van der Waals surface area contributed by atoms with E-state index >= 15 is 0 Å². The molecule has 0 aromatic carbocycles. The van der Waals surface area contributed by atoms with Crippen molar-refractivity contribution in [1.29, 1.82) is 0 Å². The zero-order valence-electron chi connectivity index (χ0n) is 42.7. The van der Waals surface area contributed by atoms with Gasteiger partial charge >= 0.3 is 17.9 Å². The molecule has 0 saturated heterocycles. The van der Waals surface area contributed by atoms with E-state index in [1.165, 1.54) is 186 Å².